The highest BCUT2D eigenvalue weighted by Gasteiger charge is 2.55. The highest BCUT2D eigenvalue weighted by Crippen LogP contribution is 2.58. The number of allylic oxidation sites excluding steroid dienone is 2. The number of nitrogens with zero attached hydrogens (tertiary/aromatic N) is 3. The molecule has 0 N–H and O–H groups in total. The van der Waals surface area contributed by atoms with Crippen LogP contribution in [0.2, 0.25) is 0 Å². The van der Waals surface area contributed by atoms with Gasteiger partial charge in [-0.2, -0.15) is 5.10 Å². The highest BCUT2D eigenvalue weighted by atomic mass is 32.2. The second-order valence-electron chi connectivity index (χ2n) is 5.56. The van der Waals surface area contributed by atoms with Gasteiger partial charge in [-0.3, -0.25) is 4.79 Å². The van der Waals surface area contributed by atoms with Crippen molar-refractivity contribution >= 4 is 46.0 Å². The molecule has 0 unspecified atom stereocenters. The minimum atomic E-state index is -0.755. The summed E-state index contributed by atoms with van der Waals surface area (Å²) in [6.07, 6.45) is 0. The van der Waals surface area contributed by atoms with Crippen molar-refractivity contribution in [2.75, 3.05) is 18.7 Å². The summed E-state index contributed by atoms with van der Waals surface area (Å²) in [4.78, 5) is 27.0. The zero-order chi connectivity index (χ0) is 18.2. The maximum atomic E-state index is 12.3. The molecule has 1 atom stereocenters. The molecule has 6 nitrogen and oxygen atoms in total. The molecule has 1 aromatic carbocycles. The maximum Gasteiger partial charge on any atom is 0.365 e. The third-order valence-electron chi connectivity index (χ3n) is 3.95. The normalized spacial score (nSPS) is 22.6. The van der Waals surface area contributed by atoms with E-state index in [-0.39, 0.29) is 17.4 Å². The van der Waals surface area contributed by atoms with Crippen LogP contribution in [0.1, 0.15) is 20.8 Å². The van der Waals surface area contributed by atoms with E-state index in [2.05, 4.69) is 5.10 Å². The van der Waals surface area contributed by atoms with E-state index in [4.69, 9.17) is 4.74 Å². The number of esters is 1. The standard InChI is InChI=1S/C17H19N3O3S2/c1-5-23-16(22)15-18-20(13-9-7-6-8-10-13)17(25-15)19(4)11(2)14(24-17)12(3)21/h6-10H,5H2,1-4H3/t17-/m1/s1. The van der Waals surface area contributed by atoms with E-state index in [0.29, 0.717) is 4.91 Å². The largest absolute Gasteiger partial charge is 0.461 e. The van der Waals surface area contributed by atoms with Gasteiger partial charge in [-0.15, -0.1) is 0 Å². The monoisotopic (exact) mass is 377 g/mol. The van der Waals surface area contributed by atoms with Crippen molar-refractivity contribution in [3.8, 4) is 0 Å². The first-order valence-electron chi connectivity index (χ1n) is 7.85. The van der Waals surface area contributed by atoms with Crippen LogP contribution in [0.25, 0.3) is 0 Å². The molecule has 1 spiro atoms. The van der Waals surface area contributed by atoms with E-state index in [0.717, 1.165) is 11.4 Å². The number of ether oxygens (including phenoxy) is 1. The molecular formula is C17H19N3O3S2. The predicted molar refractivity (Wildman–Crippen MR) is 102 cm³/mol. The zero-order valence-electron chi connectivity index (χ0n) is 14.5. The fourth-order valence-corrected chi connectivity index (χ4v) is 5.53. The lowest BCUT2D eigenvalue weighted by molar-refractivity contribution is -0.134. The van der Waals surface area contributed by atoms with Crippen LogP contribution in [0.4, 0.5) is 5.69 Å². The van der Waals surface area contributed by atoms with Crippen LogP contribution in [0, 0.1) is 0 Å². The zero-order valence-corrected chi connectivity index (χ0v) is 16.1. The molecule has 0 fully saturated rings. The van der Waals surface area contributed by atoms with Gasteiger partial charge in [0.05, 0.1) is 17.2 Å². The molecular weight excluding hydrogens is 358 g/mol. The molecule has 8 heteroatoms. The SMILES string of the molecule is CCOC(=O)C1=NN(c2ccccc2)[C@@]2(S1)SC(C(C)=O)=C(C)N2C. The van der Waals surface area contributed by atoms with Crippen LogP contribution in [0.5, 0.6) is 0 Å². The van der Waals surface area contributed by atoms with Crippen molar-refractivity contribution in [1.82, 2.24) is 4.90 Å². The Kier molecular flexibility index (Phi) is 4.83. The molecule has 2 aliphatic rings. The number of ketones is 1. The van der Waals surface area contributed by atoms with Gasteiger partial charge in [-0.1, -0.05) is 30.0 Å². The number of para-hydroxylation sites is 1. The van der Waals surface area contributed by atoms with Gasteiger partial charge in [0.15, 0.2) is 5.78 Å². The van der Waals surface area contributed by atoms with E-state index in [1.54, 1.807) is 18.9 Å². The van der Waals surface area contributed by atoms with E-state index < -0.39 is 10.3 Å². The van der Waals surface area contributed by atoms with Crippen LogP contribution in [0.3, 0.4) is 0 Å². The lowest BCUT2D eigenvalue weighted by Gasteiger charge is -2.39. The molecule has 2 aliphatic heterocycles. The molecule has 132 valence electrons. The minimum absolute atomic E-state index is 0.00409. The Bertz CT molecular complexity index is 779. The van der Waals surface area contributed by atoms with Gasteiger partial charge >= 0.3 is 5.97 Å². The summed E-state index contributed by atoms with van der Waals surface area (Å²) >= 11 is 2.71. The number of hydrogen-bond acceptors (Lipinski definition) is 8. The second kappa shape index (κ2) is 6.76. The fourth-order valence-electron chi connectivity index (χ4n) is 2.65. The van der Waals surface area contributed by atoms with Crippen molar-refractivity contribution in [2.45, 2.75) is 25.1 Å². The molecule has 0 saturated carbocycles. The van der Waals surface area contributed by atoms with Crippen LogP contribution >= 0.6 is 23.5 Å². The molecule has 25 heavy (non-hydrogen) atoms. The van der Waals surface area contributed by atoms with E-state index in [1.807, 2.05) is 49.2 Å². The first kappa shape index (κ1) is 17.9. The van der Waals surface area contributed by atoms with Crippen molar-refractivity contribution in [2.24, 2.45) is 5.10 Å². The maximum absolute atomic E-state index is 12.3. The first-order valence-corrected chi connectivity index (χ1v) is 9.48. The lowest BCUT2D eigenvalue weighted by atomic mass is 10.3. The quantitative estimate of drug-likeness (QED) is 0.747. The van der Waals surface area contributed by atoms with Crippen LogP contribution in [-0.4, -0.2) is 39.7 Å². The Morgan fingerprint density at radius 1 is 1.24 bits per heavy atom. The van der Waals surface area contributed by atoms with Crippen molar-refractivity contribution in [3.05, 3.63) is 40.9 Å². The number of carbonyl (C=O) groups excluding carboxylic acids is 2. The molecule has 2 heterocycles. The number of hydrazone groups is 1. The summed E-state index contributed by atoms with van der Waals surface area (Å²) < 4.78 is 4.37. The van der Waals surface area contributed by atoms with Gasteiger partial charge in [0.25, 0.3) is 0 Å². The van der Waals surface area contributed by atoms with Crippen molar-refractivity contribution < 1.29 is 14.3 Å². The van der Waals surface area contributed by atoms with Gasteiger partial charge in [-0.25, -0.2) is 9.80 Å². The topological polar surface area (TPSA) is 62.2 Å². The van der Waals surface area contributed by atoms with E-state index >= 15 is 0 Å². The number of thioether (sulfide) groups is 2. The van der Waals surface area contributed by atoms with E-state index in [1.165, 1.54) is 23.5 Å². The smallest absolute Gasteiger partial charge is 0.365 e. The molecule has 0 saturated heterocycles. The van der Waals surface area contributed by atoms with Crippen molar-refractivity contribution in [3.63, 3.8) is 0 Å². The average molecular weight is 377 g/mol. The molecule has 1 aromatic rings. The summed E-state index contributed by atoms with van der Waals surface area (Å²) in [6, 6.07) is 9.60. The Morgan fingerprint density at radius 3 is 2.48 bits per heavy atom. The average Bonchev–Trinajstić information content (AvgIpc) is 3.10. The van der Waals surface area contributed by atoms with Crippen LogP contribution < -0.4 is 5.01 Å². The Labute approximate surface area is 155 Å². The second-order valence-corrected chi connectivity index (χ2v) is 8.16. The molecule has 3 rings (SSSR count). The number of rotatable bonds is 4. The van der Waals surface area contributed by atoms with Crippen LogP contribution in [0.15, 0.2) is 46.0 Å². The molecule has 0 amide bonds. The predicted octanol–water partition coefficient (Wildman–Crippen LogP) is 3.23. The summed E-state index contributed by atoms with van der Waals surface area (Å²) in [5.41, 5.74) is 1.71. The summed E-state index contributed by atoms with van der Waals surface area (Å²) in [6.45, 7) is 5.51. The first-order chi connectivity index (χ1) is 11.9. The fraction of sp³-hybridized carbons (Fsp3) is 0.353. The molecule has 0 aliphatic carbocycles. The number of benzene rings is 1. The van der Waals surface area contributed by atoms with Gasteiger partial charge in [0.2, 0.25) is 9.37 Å². The summed E-state index contributed by atoms with van der Waals surface area (Å²) in [7, 11) is 1.91. The van der Waals surface area contributed by atoms with Gasteiger partial charge in [0, 0.05) is 12.7 Å². The number of carbonyl (C=O) groups is 2. The van der Waals surface area contributed by atoms with Gasteiger partial charge in [-0.05, 0) is 44.7 Å². The third kappa shape index (κ3) is 2.93. The summed E-state index contributed by atoms with van der Waals surface area (Å²) in [5, 5.41) is 6.59. The van der Waals surface area contributed by atoms with Crippen molar-refractivity contribution in [1.29, 1.82) is 0 Å². The number of Topliss-reactive ketones (excluding diaryl/α,β-unsaturated/α-hetero) is 1. The Morgan fingerprint density at radius 2 is 1.92 bits per heavy atom. The lowest BCUT2D eigenvalue weighted by Crippen LogP contribution is -2.47. The highest BCUT2D eigenvalue weighted by molar-refractivity contribution is 8.28. The summed E-state index contributed by atoms with van der Waals surface area (Å²) in [5.74, 6) is -0.447. The van der Waals surface area contributed by atoms with Gasteiger partial charge < -0.3 is 9.64 Å². The Hall–Kier alpha value is -1.93. The molecule has 0 aromatic heterocycles. The third-order valence-corrected chi connectivity index (χ3v) is 7.10. The molecule has 0 bridgehead atoms. The van der Waals surface area contributed by atoms with Crippen LogP contribution in [-0.2, 0) is 14.3 Å². The van der Waals surface area contributed by atoms with Gasteiger partial charge in [0.1, 0.15) is 0 Å². The number of hydrogen-bond donors (Lipinski definition) is 0. The van der Waals surface area contributed by atoms with E-state index in [9.17, 15) is 9.59 Å². The minimum Gasteiger partial charge on any atom is -0.461 e. The molecule has 0 radical (unpaired) electrons. The Balaban J connectivity index is 2.04. The number of anilines is 1.